The highest BCUT2D eigenvalue weighted by Gasteiger charge is 2.14. The third kappa shape index (κ3) is 3.92. The zero-order valence-corrected chi connectivity index (χ0v) is 14.8. The molecular weight excluding hydrogens is 350 g/mol. The number of carbonyl (C=O) groups excluding carboxylic acids is 1. The number of halogens is 1. The number of phenols is 1. The molecule has 0 aliphatic heterocycles. The van der Waals surface area contributed by atoms with Crippen molar-refractivity contribution in [2.45, 2.75) is 0 Å². The molecule has 0 aliphatic rings. The first-order chi connectivity index (χ1) is 12.6. The summed E-state index contributed by atoms with van der Waals surface area (Å²) in [5, 5.41) is 10.1. The summed E-state index contributed by atoms with van der Waals surface area (Å²) in [6, 6.07) is 18.9. The van der Waals surface area contributed by atoms with Crippen LogP contribution in [-0.2, 0) is 0 Å². The van der Waals surface area contributed by atoms with Crippen molar-refractivity contribution in [3.8, 4) is 11.5 Å². The summed E-state index contributed by atoms with van der Waals surface area (Å²) in [6.07, 6.45) is 1.60. The highest BCUT2D eigenvalue weighted by Crippen LogP contribution is 2.28. The maximum Gasteiger partial charge on any atom is 0.195 e. The second-order valence-corrected chi connectivity index (χ2v) is 5.98. The largest absolute Gasteiger partial charge is 0.504 e. The van der Waals surface area contributed by atoms with Crippen LogP contribution in [0.15, 0.2) is 71.7 Å². The minimum Gasteiger partial charge on any atom is -0.504 e. The number of nitrogens with zero attached hydrogens (tertiary/aromatic N) is 1. The summed E-state index contributed by atoms with van der Waals surface area (Å²) in [7, 11) is 1.48. The average Bonchev–Trinajstić information content (AvgIpc) is 2.68. The second-order valence-electron chi connectivity index (χ2n) is 5.55. The van der Waals surface area contributed by atoms with Gasteiger partial charge in [-0.15, -0.1) is 0 Å². The molecule has 0 aliphatic carbocycles. The predicted octanol–water partition coefficient (Wildman–Crippen LogP) is 5.04. The average molecular weight is 366 g/mol. The number of aromatic hydroxyl groups is 1. The van der Waals surface area contributed by atoms with Crippen molar-refractivity contribution in [1.82, 2.24) is 0 Å². The van der Waals surface area contributed by atoms with Crippen LogP contribution in [0.5, 0.6) is 11.5 Å². The Bertz CT molecular complexity index is 968. The van der Waals surface area contributed by atoms with Crippen molar-refractivity contribution < 1.29 is 14.6 Å². The van der Waals surface area contributed by atoms with E-state index in [2.05, 4.69) is 4.99 Å². The molecule has 1 N–H and O–H groups in total. The van der Waals surface area contributed by atoms with E-state index in [1.165, 1.54) is 13.2 Å². The Morgan fingerprint density at radius 3 is 2.58 bits per heavy atom. The first-order valence-electron chi connectivity index (χ1n) is 7.89. The minimum absolute atomic E-state index is 0.0519. The molecule has 0 amide bonds. The van der Waals surface area contributed by atoms with Crippen LogP contribution in [0.1, 0.15) is 21.5 Å². The molecule has 26 heavy (non-hydrogen) atoms. The summed E-state index contributed by atoms with van der Waals surface area (Å²) in [5.41, 5.74) is 2.23. The van der Waals surface area contributed by atoms with Gasteiger partial charge in [-0.1, -0.05) is 41.9 Å². The highest BCUT2D eigenvalue weighted by molar-refractivity contribution is 6.31. The zero-order valence-electron chi connectivity index (χ0n) is 14.0. The maximum atomic E-state index is 12.8. The van der Waals surface area contributed by atoms with E-state index in [1.54, 1.807) is 48.7 Å². The fraction of sp³-hybridized carbons (Fsp3) is 0.0476. The van der Waals surface area contributed by atoms with Gasteiger partial charge < -0.3 is 9.84 Å². The van der Waals surface area contributed by atoms with Crippen molar-refractivity contribution >= 4 is 29.3 Å². The fourth-order valence-corrected chi connectivity index (χ4v) is 2.64. The number of rotatable bonds is 5. The van der Waals surface area contributed by atoms with E-state index in [9.17, 15) is 9.90 Å². The van der Waals surface area contributed by atoms with Crippen LogP contribution in [0.3, 0.4) is 0 Å². The molecule has 0 spiro atoms. The molecule has 4 nitrogen and oxygen atoms in total. The monoisotopic (exact) mass is 365 g/mol. The van der Waals surface area contributed by atoms with Crippen molar-refractivity contribution in [3.63, 3.8) is 0 Å². The number of hydrogen-bond donors (Lipinski definition) is 1. The van der Waals surface area contributed by atoms with Gasteiger partial charge in [0.1, 0.15) is 0 Å². The van der Waals surface area contributed by atoms with E-state index >= 15 is 0 Å². The van der Waals surface area contributed by atoms with Gasteiger partial charge in [0.2, 0.25) is 0 Å². The first-order valence-corrected chi connectivity index (χ1v) is 8.26. The standard InChI is InChI=1S/C21H16ClNO3/c1-26-20-11-14(7-10-19(20)24)13-23-18-9-8-16(22)12-17(18)21(25)15-5-3-2-4-6-15/h2-13,24H,1H3. The van der Waals surface area contributed by atoms with E-state index in [-0.39, 0.29) is 11.5 Å². The van der Waals surface area contributed by atoms with E-state index in [0.29, 0.717) is 27.6 Å². The third-order valence-corrected chi connectivity index (χ3v) is 4.03. The number of methoxy groups -OCH3 is 1. The van der Waals surface area contributed by atoms with Gasteiger partial charge in [-0.3, -0.25) is 9.79 Å². The SMILES string of the molecule is COc1cc(C=Nc2ccc(Cl)cc2C(=O)c2ccccc2)ccc1O. The Balaban J connectivity index is 1.97. The number of phenolic OH excluding ortho intramolecular Hbond substituents is 1. The molecule has 0 saturated heterocycles. The van der Waals surface area contributed by atoms with Gasteiger partial charge in [0.15, 0.2) is 17.3 Å². The van der Waals surface area contributed by atoms with Crippen molar-refractivity contribution in [2.24, 2.45) is 4.99 Å². The molecule has 0 radical (unpaired) electrons. The van der Waals surface area contributed by atoms with Crippen LogP contribution in [0.4, 0.5) is 5.69 Å². The lowest BCUT2D eigenvalue weighted by Crippen LogP contribution is -2.01. The maximum absolute atomic E-state index is 12.8. The summed E-state index contributed by atoms with van der Waals surface area (Å²) >= 11 is 6.07. The van der Waals surface area contributed by atoms with Crippen LogP contribution in [0.2, 0.25) is 5.02 Å². The van der Waals surface area contributed by atoms with Crippen molar-refractivity contribution in [1.29, 1.82) is 0 Å². The molecule has 0 fully saturated rings. The number of hydrogen-bond acceptors (Lipinski definition) is 4. The molecule has 3 aromatic rings. The van der Waals surface area contributed by atoms with E-state index in [1.807, 2.05) is 18.2 Å². The molecule has 0 bridgehead atoms. The van der Waals surface area contributed by atoms with Gasteiger partial charge in [0.05, 0.1) is 12.8 Å². The number of benzene rings is 3. The normalized spacial score (nSPS) is 10.8. The number of aliphatic imine (C=N–C) groups is 1. The van der Waals surface area contributed by atoms with Gasteiger partial charge in [0.25, 0.3) is 0 Å². The van der Waals surface area contributed by atoms with E-state index in [0.717, 1.165) is 5.56 Å². The molecule has 5 heteroatoms. The topological polar surface area (TPSA) is 58.9 Å². The quantitative estimate of drug-likeness (QED) is 0.509. The molecule has 0 aromatic heterocycles. The smallest absolute Gasteiger partial charge is 0.195 e. The van der Waals surface area contributed by atoms with Gasteiger partial charge in [-0.2, -0.15) is 0 Å². The Labute approximate surface area is 156 Å². The Morgan fingerprint density at radius 2 is 1.85 bits per heavy atom. The highest BCUT2D eigenvalue weighted by atomic mass is 35.5. The van der Waals surface area contributed by atoms with Gasteiger partial charge in [-0.05, 0) is 42.0 Å². The molecule has 3 aromatic carbocycles. The summed E-state index contributed by atoms with van der Waals surface area (Å²) in [4.78, 5) is 17.2. The molecule has 0 unspecified atom stereocenters. The van der Waals surface area contributed by atoms with Gasteiger partial charge in [-0.25, -0.2) is 0 Å². The Morgan fingerprint density at radius 1 is 1.08 bits per heavy atom. The third-order valence-electron chi connectivity index (χ3n) is 3.80. The Kier molecular flexibility index (Phi) is 5.34. The summed E-state index contributed by atoms with van der Waals surface area (Å²) in [6.45, 7) is 0. The number of carbonyl (C=O) groups is 1. The van der Waals surface area contributed by atoms with Crippen molar-refractivity contribution in [3.05, 3.63) is 88.4 Å². The Hall–Kier alpha value is -3.11. The molecule has 3 rings (SSSR count). The number of ether oxygens (including phenoxy) is 1. The lowest BCUT2D eigenvalue weighted by Gasteiger charge is -2.06. The van der Waals surface area contributed by atoms with Crippen LogP contribution >= 0.6 is 11.6 Å². The molecular formula is C21H16ClNO3. The summed E-state index contributed by atoms with van der Waals surface area (Å²) in [5.74, 6) is 0.255. The van der Waals surface area contributed by atoms with Gasteiger partial charge >= 0.3 is 0 Å². The number of ketones is 1. The predicted molar refractivity (Wildman–Crippen MR) is 103 cm³/mol. The van der Waals surface area contributed by atoms with Crippen LogP contribution in [0.25, 0.3) is 0 Å². The molecule has 0 heterocycles. The van der Waals surface area contributed by atoms with Crippen molar-refractivity contribution in [2.75, 3.05) is 7.11 Å². The zero-order chi connectivity index (χ0) is 18.5. The second kappa shape index (κ2) is 7.85. The van der Waals surface area contributed by atoms with Crippen LogP contribution < -0.4 is 4.74 Å². The summed E-state index contributed by atoms with van der Waals surface area (Å²) < 4.78 is 5.09. The van der Waals surface area contributed by atoms with E-state index < -0.39 is 0 Å². The van der Waals surface area contributed by atoms with Crippen LogP contribution in [-0.4, -0.2) is 24.2 Å². The lowest BCUT2D eigenvalue weighted by atomic mass is 10.0. The lowest BCUT2D eigenvalue weighted by molar-refractivity contribution is 0.103. The van der Waals surface area contributed by atoms with Crippen LogP contribution in [0, 0.1) is 0 Å². The minimum atomic E-state index is -0.150. The molecule has 0 saturated carbocycles. The molecule has 130 valence electrons. The first kappa shape index (κ1) is 17.7. The van der Waals surface area contributed by atoms with E-state index in [4.69, 9.17) is 16.3 Å². The fourth-order valence-electron chi connectivity index (χ4n) is 2.47. The van der Waals surface area contributed by atoms with Gasteiger partial charge in [0, 0.05) is 22.4 Å². The molecule has 0 atom stereocenters.